The molecule has 9 heteroatoms. The van der Waals surface area contributed by atoms with Crippen molar-refractivity contribution in [3.63, 3.8) is 0 Å². The zero-order valence-corrected chi connectivity index (χ0v) is 21.6. The van der Waals surface area contributed by atoms with Crippen molar-refractivity contribution in [2.45, 2.75) is 58.6 Å². The van der Waals surface area contributed by atoms with Crippen molar-refractivity contribution in [1.29, 1.82) is 0 Å². The first kappa shape index (κ1) is 26.8. The molecule has 0 radical (unpaired) electrons. The van der Waals surface area contributed by atoms with E-state index in [2.05, 4.69) is 17.6 Å². The minimum Gasteiger partial charge on any atom is -0.491 e. The van der Waals surface area contributed by atoms with Gasteiger partial charge in [-0.05, 0) is 44.4 Å². The van der Waals surface area contributed by atoms with Crippen LogP contribution in [0.1, 0.15) is 56.8 Å². The van der Waals surface area contributed by atoms with E-state index in [0.29, 0.717) is 36.6 Å². The van der Waals surface area contributed by atoms with Crippen molar-refractivity contribution in [2.75, 3.05) is 45.7 Å². The number of rotatable bonds is 5. The minimum absolute atomic E-state index is 0.0240. The Morgan fingerprint density at radius 2 is 1.94 bits per heavy atom. The quantitative estimate of drug-likeness (QED) is 0.662. The lowest BCUT2D eigenvalue weighted by atomic mass is 9.83. The van der Waals surface area contributed by atoms with Gasteiger partial charge in [0.05, 0.1) is 17.7 Å². The SMILES string of the molecule is CCCNC(=O)Nc1ccc2c(c1)C(=O)N(C)C[C@@H](OC)[C@H](C)CN(C(=O)C1CCC1)[C@@H](C)CO2. The van der Waals surface area contributed by atoms with E-state index in [0.717, 1.165) is 25.7 Å². The molecule has 0 aromatic heterocycles. The molecule has 35 heavy (non-hydrogen) atoms. The van der Waals surface area contributed by atoms with E-state index in [9.17, 15) is 14.4 Å². The fourth-order valence-electron chi connectivity index (χ4n) is 4.46. The van der Waals surface area contributed by atoms with Crippen LogP contribution in [0.5, 0.6) is 5.75 Å². The van der Waals surface area contributed by atoms with Crippen LogP contribution < -0.4 is 15.4 Å². The molecule has 1 heterocycles. The largest absolute Gasteiger partial charge is 0.491 e. The van der Waals surface area contributed by atoms with Crippen molar-refractivity contribution in [3.8, 4) is 5.75 Å². The Morgan fingerprint density at radius 3 is 2.57 bits per heavy atom. The van der Waals surface area contributed by atoms with Crippen molar-refractivity contribution in [1.82, 2.24) is 15.1 Å². The van der Waals surface area contributed by atoms with Crippen LogP contribution in [0.15, 0.2) is 18.2 Å². The van der Waals surface area contributed by atoms with Crippen LogP contribution in [0.2, 0.25) is 0 Å². The number of nitrogens with one attached hydrogen (secondary N) is 2. The zero-order chi connectivity index (χ0) is 25.5. The topological polar surface area (TPSA) is 100 Å². The van der Waals surface area contributed by atoms with Gasteiger partial charge in [0.15, 0.2) is 0 Å². The molecule has 3 atom stereocenters. The molecule has 0 saturated heterocycles. The van der Waals surface area contributed by atoms with Crippen molar-refractivity contribution < 1.29 is 23.9 Å². The summed E-state index contributed by atoms with van der Waals surface area (Å²) in [5, 5.41) is 5.54. The van der Waals surface area contributed by atoms with Crippen LogP contribution >= 0.6 is 0 Å². The van der Waals surface area contributed by atoms with Crippen LogP contribution in [0.4, 0.5) is 10.5 Å². The minimum atomic E-state index is -0.325. The molecule has 1 fully saturated rings. The molecule has 3 rings (SSSR count). The van der Waals surface area contributed by atoms with Gasteiger partial charge in [-0.2, -0.15) is 0 Å². The van der Waals surface area contributed by atoms with E-state index >= 15 is 0 Å². The molecule has 1 aliphatic carbocycles. The number of urea groups is 1. The lowest BCUT2D eigenvalue weighted by Gasteiger charge is -2.39. The second-order valence-corrected chi connectivity index (χ2v) is 9.81. The monoisotopic (exact) mass is 488 g/mol. The lowest BCUT2D eigenvalue weighted by Crippen LogP contribution is -2.51. The highest BCUT2D eigenvalue weighted by molar-refractivity contribution is 5.99. The van der Waals surface area contributed by atoms with E-state index < -0.39 is 0 Å². The lowest BCUT2D eigenvalue weighted by molar-refractivity contribution is -0.142. The van der Waals surface area contributed by atoms with Gasteiger partial charge in [0, 0.05) is 51.3 Å². The Balaban J connectivity index is 1.90. The van der Waals surface area contributed by atoms with Gasteiger partial charge >= 0.3 is 6.03 Å². The molecule has 0 bridgehead atoms. The Kier molecular flexibility index (Phi) is 9.37. The second-order valence-electron chi connectivity index (χ2n) is 9.81. The number of benzene rings is 1. The number of ether oxygens (including phenoxy) is 2. The molecule has 0 spiro atoms. The van der Waals surface area contributed by atoms with Gasteiger partial charge in [0.2, 0.25) is 5.91 Å². The van der Waals surface area contributed by atoms with E-state index in [4.69, 9.17) is 9.47 Å². The summed E-state index contributed by atoms with van der Waals surface area (Å²) < 4.78 is 11.9. The zero-order valence-electron chi connectivity index (χ0n) is 21.6. The van der Waals surface area contributed by atoms with Crippen LogP contribution in [0.25, 0.3) is 0 Å². The van der Waals surface area contributed by atoms with Gasteiger partial charge in [0.1, 0.15) is 12.4 Å². The Labute approximate surface area is 208 Å². The third-order valence-corrected chi connectivity index (χ3v) is 6.98. The van der Waals surface area contributed by atoms with Crippen molar-refractivity contribution >= 4 is 23.5 Å². The van der Waals surface area contributed by atoms with E-state index in [1.165, 1.54) is 0 Å². The number of hydrogen-bond donors (Lipinski definition) is 2. The summed E-state index contributed by atoms with van der Waals surface area (Å²) in [6.45, 7) is 7.75. The predicted octanol–water partition coefficient (Wildman–Crippen LogP) is 3.35. The normalized spacial score (nSPS) is 23.8. The van der Waals surface area contributed by atoms with Crippen LogP contribution in [0.3, 0.4) is 0 Å². The number of methoxy groups -OCH3 is 1. The fraction of sp³-hybridized carbons (Fsp3) is 0.654. The molecule has 1 saturated carbocycles. The smallest absolute Gasteiger partial charge is 0.319 e. The molecule has 1 aromatic rings. The van der Waals surface area contributed by atoms with Gasteiger partial charge in [-0.25, -0.2) is 4.79 Å². The number of amides is 4. The predicted molar refractivity (Wildman–Crippen MR) is 135 cm³/mol. The van der Waals surface area contributed by atoms with Gasteiger partial charge in [-0.15, -0.1) is 0 Å². The first-order chi connectivity index (χ1) is 16.7. The number of carbonyl (C=O) groups excluding carboxylic acids is 3. The van der Waals surface area contributed by atoms with Crippen molar-refractivity contribution in [3.05, 3.63) is 23.8 Å². The van der Waals surface area contributed by atoms with Crippen LogP contribution in [-0.2, 0) is 9.53 Å². The highest BCUT2D eigenvalue weighted by Crippen LogP contribution is 2.31. The van der Waals surface area contributed by atoms with E-state index in [1.807, 2.05) is 18.7 Å². The van der Waals surface area contributed by atoms with Gasteiger partial charge in [0.25, 0.3) is 5.91 Å². The third kappa shape index (κ3) is 6.66. The highest BCUT2D eigenvalue weighted by Gasteiger charge is 2.35. The summed E-state index contributed by atoms with van der Waals surface area (Å²) in [4.78, 5) is 42.3. The molecule has 4 amide bonds. The summed E-state index contributed by atoms with van der Waals surface area (Å²) in [6.07, 6.45) is 3.56. The number of anilines is 1. The van der Waals surface area contributed by atoms with Crippen molar-refractivity contribution in [2.24, 2.45) is 11.8 Å². The van der Waals surface area contributed by atoms with Gasteiger partial charge < -0.3 is 29.9 Å². The fourth-order valence-corrected chi connectivity index (χ4v) is 4.46. The molecule has 1 aromatic carbocycles. The summed E-state index contributed by atoms with van der Waals surface area (Å²) in [5.74, 6) is 0.487. The number of carbonyl (C=O) groups is 3. The van der Waals surface area contributed by atoms with Crippen LogP contribution in [-0.4, -0.2) is 80.2 Å². The number of nitrogens with zero attached hydrogens (tertiary/aromatic N) is 2. The van der Waals surface area contributed by atoms with E-state index in [-0.39, 0.29) is 48.4 Å². The molecule has 0 unspecified atom stereocenters. The number of hydrogen-bond acceptors (Lipinski definition) is 5. The molecular weight excluding hydrogens is 448 g/mol. The summed E-state index contributed by atoms with van der Waals surface area (Å²) in [7, 11) is 3.37. The summed E-state index contributed by atoms with van der Waals surface area (Å²) in [6, 6.07) is 4.56. The average Bonchev–Trinajstić information content (AvgIpc) is 2.80. The molecule has 1 aliphatic heterocycles. The third-order valence-electron chi connectivity index (χ3n) is 6.98. The average molecular weight is 489 g/mol. The summed E-state index contributed by atoms with van der Waals surface area (Å²) >= 11 is 0. The Hall–Kier alpha value is -2.81. The molecule has 2 N–H and O–H groups in total. The maximum atomic E-state index is 13.4. The molecule has 2 aliphatic rings. The van der Waals surface area contributed by atoms with Gasteiger partial charge in [-0.1, -0.05) is 20.3 Å². The Morgan fingerprint density at radius 1 is 1.20 bits per heavy atom. The molecule has 9 nitrogen and oxygen atoms in total. The summed E-state index contributed by atoms with van der Waals surface area (Å²) in [5.41, 5.74) is 0.856. The van der Waals surface area contributed by atoms with Crippen LogP contribution in [0, 0.1) is 11.8 Å². The number of likely N-dealkylation sites (N-methyl/N-ethyl adjacent to an activating group) is 1. The maximum Gasteiger partial charge on any atom is 0.319 e. The number of fused-ring (bicyclic) bond motifs is 1. The second kappa shape index (κ2) is 12.2. The highest BCUT2D eigenvalue weighted by atomic mass is 16.5. The first-order valence-corrected chi connectivity index (χ1v) is 12.7. The van der Waals surface area contributed by atoms with Gasteiger partial charge in [-0.3, -0.25) is 9.59 Å². The molecule has 194 valence electrons. The maximum absolute atomic E-state index is 13.4. The Bertz CT molecular complexity index is 904. The van der Waals surface area contributed by atoms with E-state index in [1.54, 1.807) is 37.3 Å². The first-order valence-electron chi connectivity index (χ1n) is 12.7. The molecular formula is C26H40N4O5. The standard InChI is InChI=1S/C26H40N4O5/c1-6-12-27-26(33)28-20-10-11-22-21(13-20)25(32)29(4)15-23(34-5)17(2)14-30(18(3)16-35-22)24(31)19-8-7-9-19/h10-11,13,17-19,23H,6-9,12,14-16H2,1-5H3,(H2,27,28,33)/t17-,18+,23-/m1/s1.